The van der Waals surface area contributed by atoms with Crippen LogP contribution in [0.2, 0.25) is 0 Å². The second-order valence-electron chi connectivity index (χ2n) is 3.60. The van der Waals surface area contributed by atoms with Gasteiger partial charge in [0.05, 0.1) is 0 Å². The van der Waals surface area contributed by atoms with Crippen molar-refractivity contribution >= 4 is 12.6 Å². The lowest BCUT2D eigenvalue weighted by atomic mass is 9.80. The van der Waals surface area contributed by atoms with E-state index < -0.39 is 13.4 Å². The fourth-order valence-corrected chi connectivity index (χ4v) is 1.45. The monoisotopic (exact) mass is 254 g/mol. The van der Waals surface area contributed by atoms with Crippen molar-refractivity contribution in [3.63, 3.8) is 0 Å². The smallest absolute Gasteiger partial charge is 0.488 e. The molecule has 0 fully saturated rings. The van der Waals surface area contributed by atoms with E-state index in [0.29, 0.717) is 24.4 Å². The van der Waals surface area contributed by atoms with Crippen molar-refractivity contribution in [3.8, 4) is 5.75 Å². The van der Waals surface area contributed by atoms with E-state index in [9.17, 15) is 0 Å². The predicted octanol–water partition coefficient (Wildman–Crippen LogP) is 0.144. The summed E-state index contributed by atoms with van der Waals surface area (Å²) in [5.41, 5.74) is 0.386. The largest absolute Gasteiger partial charge is 0.488 e. The molecule has 0 spiro atoms. The van der Waals surface area contributed by atoms with Crippen LogP contribution in [0.15, 0.2) is 24.3 Å². The SMILES string of the molecule is CCOC(COc1cccc(B(O)O)c1)OCC. The Kier molecular flexibility index (Phi) is 6.74. The number of hydrogen-bond acceptors (Lipinski definition) is 5. The zero-order valence-corrected chi connectivity index (χ0v) is 10.7. The molecule has 0 aliphatic carbocycles. The molecule has 0 bridgehead atoms. The molecular formula is C12H19BO5. The molecule has 100 valence electrons. The van der Waals surface area contributed by atoms with E-state index in [1.54, 1.807) is 24.3 Å². The third kappa shape index (κ3) is 5.06. The van der Waals surface area contributed by atoms with Crippen LogP contribution in [0.1, 0.15) is 13.8 Å². The van der Waals surface area contributed by atoms with Crippen LogP contribution < -0.4 is 10.2 Å². The average Bonchev–Trinajstić information content (AvgIpc) is 2.37. The zero-order chi connectivity index (χ0) is 13.4. The van der Waals surface area contributed by atoms with Gasteiger partial charge in [-0.1, -0.05) is 12.1 Å². The van der Waals surface area contributed by atoms with Crippen LogP contribution in [0.4, 0.5) is 0 Å². The van der Waals surface area contributed by atoms with Crippen molar-refractivity contribution in [2.45, 2.75) is 20.1 Å². The molecule has 1 rings (SSSR count). The highest BCUT2D eigenvalue weighted by atomic mass is 16.7. The summed E-state index contributed by atoms with van der Waals surface area (Å²) >= 11 is 0. The molecule has 1 aromatic rings. The Balaban J connectivity index is 2.53. The fraction of sp³-hybridized carbons (Fsp3) is 0.500. The minimum Gasteiger partial charge on any atom is -0.488 e. The number of ether oxygens (including phenoxy) is 3. The second-order valence-corrected chi connectivity index (χ2v) is 3.60. The van der Waals surface area contributed by atoms with Gasteiger partial charge in [-0.15, -0.1) is 0 Å². The highest BCUT2D eigenvalue weighted by molar-refractivity contribution is 6.58. The summed E-state index contributed by atoms with van der Waals surface area (Å²) in [6.45, 7) is 5.11. The van der Waals surface area contributed by atoms with Gasteiger partial charge in [0.15, 0.2) is 6.29 Å². The first-order chi connectivity index (χ1) is 8.67. The van der Waals surface area contributed by atoms with Gasteiger partial charge in [0.2, 0.25) is 0 Å². The predicted molar refractivity (Wildman–Crippen MR) is 68.8 cm³/mol. The minimum atomic E-state index is -1.50. The Morgan fingerprint density at radius 3 is 2.39 bits per heavy atom. The third-order valence-electron chi connectivity index (χ3n) is 2.25. The van der Waals surface area contributed by atoms with E-state index in [4.69, 9.17) is 24.3 Å². The van der Waals surface area contributed by atoms with E-state index in [-0.39, 0.29) is 6.61 Å². The summed E-state index contributed by atoms with van der Waals surface area (Å²) in [5.74, 6) is 0.546. The molecule has 0 radical (unpaired) electrons. The first-order valence-corrected chi connectivity index (χ1v) is 5.99. The van der Waals surface area contributed by atoms with E-state index in [1.165, 1.54) is 0 Å². The summed E-state index contributed by atoms with van der Waals surface area (Å²) in [5, 5.41) is 18.1. The Morgan fingerprint density at radius 1 is 1.17 bits per heavy atom. The number of benzene rings is 1. The van der Waals surface area contributed by atoms with Crippen LogP contribution in [-0.4, -0.2) is 43.3 Å². The molecule has 0 aliphatic rings. The van der Waals surface area contributed by atoms with Gasteiger partial charge in [-0.25, -0.2) is 0 Å². The number of rotatable bonds is 8. The summed E-state index contributed by atoms with van der Waals surface area (Å²) in [6.07, 6.45) is -0.414. The van der Waals surface area contributed by atoms with Crippen molar-refractivity contribution < 1.29 is 24.3 Å². The lowest BCUT2D eigenvalue weighted by molar-refractivity contribution is -0.152. The molecule has 0 saturated carbocycles. The van der Waals surface area contributed by atoms with Gasteiger partial charge in [-0.2, -0.15) is 0 Å². The van der Waals surface area contributed by atoms with Crippen molar-refractivity contribution in [1.82, 2.24) is 0 Å². The number of hydrogen-bond donors (Lipinski definition) is 2. The first kappa shape index (κ1) is 15.0. The summed E-state index contributed by atoms with van der Waals surface area (Å²) in [7, 11) is -1.50. The molecule has 1 aromatic carbocycles. The maximum Gasteiger partial charge on any atom is 0.488 e. The van der Waals surface area contributed by atoms with Crippen LogP contribution in [0.5, 0.6) is 5.75 Å². The molecule has 18 heavy (non-hydrogen) atoms. The quantitative estimate of drug-likeness (QED) is 0.510. The van der Waals surface area contributed by atoms with Crippen molar-refractivity contribution in [2.75, 3.05) is 19.8 Å². The van der Waals surface area contributed by atoms with Crippen molar-refractivity contribution in [1.29, 1.82) is 0 Å². The molecule has 0 amide bonds. The average molecular weight is 254 g/mol. The van der Waals surface area contributed by atoms with Crippen molar-refractivity contribution in [2.24, 2.45) is 0 Å². The summed E-state index contributed by atoms with van der Waals surface area (Å²) in [6, 6.07) is 6.61. The molecule has 0 unspecified atom stereocenters. The van der Waals surface area contributed by atoms with Crippen molar-refractivity contribution in [3.05, 3.63) is 24.3 Å². The molecule has 0 atom stereocenters. The highest BCUT2D eigenvalue weighted by Crippen LogP contribution is 2.09. The molecule has 6 heteroatoms. The summed E-state index contributed by atoms with van der Waals surface area (Å²) in [4.78, 5) is 0. The normalized spacial score (nSPS) is 10.7. The van der Waals surface area contributed by atoms with Crippen LogP contribution in [-0.2, 0) is 9.47 Å². The second kappa shape index (κ2) is 8.10. The topological polar surface area (TPSA) is 68.2 Å². The molecular weight excluding hydrogens is 235 g/mol. The van der Waals surface area contributed by atoms with E-state index >= 15 is 0 Å². The summed E-state index contributed by atoms with van der Waals surface area (Å²) < 4.78 is 16.2. The fourth-order valence-electron chi connectivity index (χ4n) is 1.45. The van der Waals surface area contributed by atoms with Gasteiger partial charge in [0.1, 0.15) is 12.4 Å². The molecule has 0 saturated heterocycles. The van der Waals surface area contributed by atoms with Gasteiger partial charge in [0.25, 0.3) is 0 Å². The van der Waals surface area contributed by atoms with Gasteiger partial charge < -0.3 is 24.3 Å². The van der Waals surface area contributed by atoms with Crippen LogP contribution in [0.25, 0.3) is 0 Å². The Labute approximate surface area is 107 Å². The van der Waals surface area contributed by atoms with E-state index in [0.717, 1.165) is 0 Å². The molecule has 0 aromatic heterocycles. The van der Waals surface area contributed by atoms with Gasteiger partial charge in [0, 0.05) is 13.2 Å². The van der Waals surface area contributed by atoms with Crippen LogP contribution in [0.3, 0.4) is 0 Å². The molecule has 0 heterocycles. The maximum absolute atomic E-state index is 9.04. The van der Waals surface area contributed by atoms with Gasteiger partial charge >= 0.3 is 7.12 Å². The highest BCUT2D eigenvalue weighted by Gasteiger charge is 2.12. The lowest BCUT2D eigenvalue weighted by Crippen LogP contribution is -2.30. The Bertz CT molecular complexity index is 339. The lowest BCUT2D eigenvalue weighted by Gasteiger charge is -2.17. The molecule has 2 N–H and O–H groups in total. The van der Waals surface area contributed by atoms with Crippen LogP contribution >= 0.6 is 0 Å². The zero-order valence-electron chi connectivity index (χ0n) is 10.7. The Hall–Kier alpha value is -1.08. The van der Waals surface area contributed by atoms with Crippen LogP contribution in [0, 0.1) is 0 Å². The van der Waals surface area contributed by atoms with E-state index in [1.807, 2.05) is 13.8 Å². The van der Waals surface area contributed by atoms with Gasteiger partial charge in [-0.3, -0.25) is 0 Å². The Morgan fingerprint density at radius 2 is 1.83 bits per heavy atom. The molecule has 0 aliphatic heterocycles. The maximum atomic E-state index is 9.04. The standard InChI is InChI=1S/C12H19BO5/c1-3-16-12(17-4-2)9-18-11-7-5-6-10(8-11)13(14)15/h5-8,12,14-15H,3-4,9H2,1-2H3. The first-order valence-electron chi connectivity index (χ1n) is 5.99. The third-order valence-corrected chi connectivity index (χ3v) is 2.25. The minimum absolute atomic E-state index is 0.257. The van der Waals surface area contributed by atoms with Gasteiger partial charge in [-0.05, 0) is 31.4 Å². The molecule has 5 nitrogen and oxygen atoms in total. The van der Waals surface area contributed by atoms with E-state index in [2.05, 4.69) is 0 Å².